The Balaban J connectivity index is 0.740. The van der Waals surface area contributed by atoms with Gasteiger partial charge in [0.2, 0.25) is 65.4 Å². The zero-order valence-electron chi connectivity index (χ0n) is 56.6. The molecule has 0 spiro atoms. The molecule has 0 aliphatic heterocycles. The van der Waals surface area contributed by atoms with Crippen molar-refractivity contribution < 1.29 is 56.9 Å². The van der Waals surface area contributed by atoms with Gasteiger partial charge in [0.1, 0.15) is 5.82 Å². The summed E-state index contributed by atoms with van der Waals surface area (Å²) in [6, 6.07) is 55.4. The average Bonchev–Trinajstić information content (AvgIpc) is 0.834. The van der Waals surface area contributed by atoms with E-state index >= 15 is 0 Å². The lowest BCUT2D eigenvalue weighted by Crippen LogP contribution is -2.18. The van der Waals surface area contributed by atoms with Crippen LogP contribution < -0.4 is 75.2 Å². The lowest BCUT2D eigenvalue weighted by atomic mass is 10.1. The van der Waals surface area contributed by atoms with Crippen LogP contribution in [-0.4, -0.2) is 126 Å². The molecule has 109 heavy (non-hydrogen) atoms. The van der Waals surface area contributed by atoms with Gasteiger partial charge in [-0.25, -0.2) is 0 Å². The highest BCUT2D eigenvalue weighted by molar-refractivity contribution is 7.75. The molecular formula is C69H63N23O13S4. The molecule has 4 unspecified atom stereocenters. The van der Waals surface area contributed by atoms with Crippen LogP contribution in [0, 0.1) is 6.92 Å². The van der Waals surface area contributed by atoms with E-state index in [1.165, 1.54) is 36.4 Å². The van der Waals surface area contributed by atoms with Crippen LogP contribution in [0.1, 0.15) is 28.1 Å². The molecule has 36 nitrogen and oxygen atoms in total. The van der Waals surface area contributed by atoms with Gasteiger partial charge in [0.25, 0.3) is 0 Å². The number of aromatic nitrogens is 12. The number of nitrogens with zero attached hydrogens (tertiary/aromatic N) is 12. The van der Waals surface area contributed by atoms with E-state index in [4.69, 9.17) is 16.7 Å². The lowest BCUT2D eigenvalue weighted by Gasteiger charge is -2.14. The summed E-state index contributed by atoms with van der Waals surface area (Å²) in [5, 5.41) is 43.7. The molecule has 0 amide bonds. The standard InChI is InChI=1S/C69H63N23O13S4/c1-42-73-62(75-47-14-6-2-7-15-47)89-63(74-42)79-51-30-26-43(55(38-51)102-106(94)95)22-23-44-27-31-52(39-56(44)103-107(96)97)80-67-85-59(83-64(90-67)76-48-16-8-3-9-17-48)70-34-35-71-60-84-65(77-49-18-10-4-11-19-49)91-68(86-60)81-53-32-28-45(57(40-53)104-108(98)99)24-25-46-29-33-54(41-58(46)105-109(100)101)82-69-88-61(72-36-37-93)87-66(92-69)78-50-20-12-5-13-21-50/h2-33,38-41,93H,34-37H2,1H3,(H,94,95)(H,96,97)(H,98,99)(H,100,101)(H2,73,74,75,79,89)(H3,70,76,80,83,85,90)(H3,71,77,81,84,86,91)(H3,72,78,82,87,88,92)/b23-22+,25-24+. The third kappa shape index (κ3) is 23.1. The zero-order chi connectivity index (χ0) is 75.9. The van der Waals surface area contributed by atoms with Crippen LogP contribution in [0.25, 0.3) is 24.3 Å². The Morgan fingerprint density at radius 2 is 0.495 bits per heavy atom. The SMILES string of the molecule is Cc1nc(Nc2ccccc2)nc(Nc2ccc(/C=C/c3ccc(Nc4nc(NCCNc5nc(Nc6ccccc6)nc(Nc6ccc(/C=C/c7ccc(Nc8nc(NCCO)nc(Nc9ccccc9)n8)cc7OS(=O)O)c(OS(=O)O)c6)n5)nc(Nc5ccccc5)n4)cc3OS(=O)O)c(OS(=O)O)c2)n1. The molecule has 4 heterocycles. The molecular weight excluding hydrogens is 1490 g/mol. The molecule has 0 saturated carbocycles. The van der Waals surface area contributed by atoms with Gasteiger partial charge in [0.05, 0.1) is 6.61 Å². The van der Waals surface area contributed by atoms with Crippen molar-refractivity contribution in [3.05, 3.63) is 222 Å². The van der Waals surface area contributed by atoms with E-state index in [9.17, 15) is 40.2 Å². The molecule has 40 heteroatoms. The molecule has 556 valence electrons. The van der Waals surface area contributed by atoms with Gasteiger partial charge in [-0.05, 0) is 104 Å². The molecule has 0 fully saturated rings. The fraction of sp³-hybridized carbons (Fsp3) is 0.0725. The largest absolute Gasteiger partial charge is 0.395 e. The molecule has 4 atom stereocenters. The van der Waals surface area contributed by atoms with Crippen LogP contribution in [0.3, 0.4) is 0 Å². The van der Waals surface area contributed by atoms with Crippen molar-refractivity contribution in [3.8, 4) is 23.0 Å². The van der Waals surface area contributed by atoms with Crippen molar-refractivity contribution in [2.45, 2.75) is 6.92 Å². The number of hydrogen-bond acceptors (Lipinski definition) is 32. The van der Waals surface area contributed by atoms with Gasteiger partial charge < -0.3 is 80.3 Å². The first-order chi connectivity index (χ1) is 53.0. The maximum Gasteiger partial charge on any atom is 0.357 e. The molecule has 4 aromatic heterocycles. The first-order valence-corrected chi connectivity index (χ1v) is 36.4. The van der Waals surface area contributed by atoms with Gasteiger partial charge in [-0.3, -0.25) is 18.2 Å². The van der Waals surface area contributed by atoms with Crippen molar-refractivity contribution in [2.24, 2.45) is 0 Å². The molecule has 8 aromatic carbocycles. The second-order valence-electron chi connectivity index (χ2n) is 22.3. The van der Waals surface area contributed by atoms with Gasteiger partial charge in [0.15, 0.2) is 23.0 Å². The maximum absolute atomic E-state index is 12.3. The van der Waals surface area contributed by atoms with Crippen molar-refractivity contribution in [1.29, 1.82) is 0 Å². The van der Waals surface area contributed by atoms with Crippen LogP contribution in [0.15, 0.2) is 194 Å². The van der Waals surface area contributed by atoms with Gasteiger partial charge >= 0.3 is 45.4 Å². The van der Waals surface area contributed by atoms with E-state index in [0.717, 1.165) is 5.69 Å². The molecule has 12 rings (SSSR count). The summed E-state index contributed by atoms with van der Waals surface area (Å²) >= 11 is -11.1. The minimum atomic E-state index is -2.81. The Morgan fingerprint density at radius 1 is 0.284 bits per heavy atom. The molecule has 16 N–H and O–H groups in total. The van der Waals surface area contributed by atoms with Crippen molar-refractivity contribution >= 4 is 181 Å². The summed E-state index contributed by atoms with van der Waals surface area (Å²) in [5.74, 6) is 1.61. The van der Waals surface area contributed by atoms with E-state index in [0.29, 0.717) is 67.9 Å². The topological polar surface area (TPSA) is 493 Å². The highest BCUT2D eigenvalue weighted by Crippen LogP contribution is 2.35. The van der Waals surface area contributed by atoms with Gasteiger partial charge in [0, 0.05) is 112 Å². The Labute approximate surface area is 630 Å². The van der Waals surface area contributed by atoms with Crippen LogP contribution in [0.4, 0.5) is 111 Å². The van der Waals surface area contributed by atoms with E-state index in [2.05, 4.69) is 118 Å². The third-order valence-electron chi connectivity index (χ3n) is 14.5. The summed E-state index contributed by atoms with van der Waals surface area (Å²) in [4.78, 5) is 54.1. The number of rotatable bonds is 36. The number of aryl methyl sites for hydroxylation is 1. The Bertz CT molecular complexity index is 5320. The molecule has 0 radical (unpaired) electrons. The van der Waals surface area contributed by atoms with Crippen molar-refractivity contribution in [3.63, 3.8) is 0 Å². The van der Waals surface area contributed by atoms with Crippen LogP contribution in [-0.2, 0) is 45.4 Å². The predicted molar refractivity (Wildman–Crippen MR) is 418 cm³/mol. The normalized spacial score (nSPS) is 12.2. The maximum atomic E-state index is 12.3. The number of hydrogen-bond donors (Lipinski definition) is 16. The smallest absolute Gasteiger partial charge is 0.357 e. The Hall–Kier alpha value is -13.3. The minimum absolute atomic E-state index is 0.0178. The number of para-hydroxylation sites is 4. The minimum Gasteiger partial charge on any atom is -0.395 e. The van der Waals surface area contributed by atoms with Crippen LogP contribution >= 0.6 is 0 Å². The highest BCUT2D eigenvalue weighted by atomic mass is 32.2. The number of aliphatic hydroxyl groups excluding tert-OH is 1. The quantitative estimate of drug-likeness (QED) is 0.00985. The number of nitrogens with one attached hydrogen (secondary N) is 11. The number of aliphatic hydroxyl groups is 1. The van der Waals surface area contributed by atoms with E-state index < -0.39 is 45.4 Å². The first-order valence-electron chi connectivity index (χ1n) is 32.3. The number of benzene rings is 8. The highest BCUT2D eigenvalue weighted by Gasteiger charge is 2.18. The van der Waals surface area contributed by atoms with Crippen molar-refractivity contribution in [1.82, 2.24) is 59.8 Å². The fourth-order valence-electron chi connectivity index (χ4n) is 9.88. The Morgan fingerprint density at radius 3 is 0.725 bits per heavy atom. The molecule has 0 saturated heterocycles. The van der Waals surface area contributed by atoms with Crippen LogP contribution in [0.2, 0.25) is 0 Å². The van der Waals surface area contributed by atoms with E-state index in [1.807, 2.05) is 121 Å². The summed E-state index contributed by atoms with van der Waals surface area (Å²) in [6.45, 7) is 2.00. The van der Waals surface area contributed by atoms with Gasteiger partial charge in [-0.1, -0.05) is 97.1 Å². The van der Waals surface area contributed by atoms with E-state index in [-0.39, 0.29) is 115 Å². The monoisotopic (exact) mass is 1550 g/mol. The summed E-state index contributed by atoms with van der Waals surface area (Å²) in [5.41, 5.74) is 5.38. The molecule has 0 aliphatic carbocycles. The van der Waals surface area contributed by atoms with Gasteiger partial charge in [-0.2, -0.15) is 76.6 Å². The first kappa shape index (κ1) is 75.4. The second kappa shape index (κ2) is 37.1. The average molecular weight is 1550 g/mol. The fourth-order valence-corrected chi connectivity index (χ4v) is 11.1. The summed E-state index contributed by atoms with van der Waals surface area (Å²) in [6.07, 6.45) is 6.16. The molecule has 12 aromatic rings. The summed E-state index contributed by atoms with van der Waals surface area (Å²) in [7, 11) is 0. The van der Waals surface area contributed by atoms with E-state index in [1.54, 1.807) is 67.6 Å². The molecule has 0 bridgehead atoms. The van der Waals surface area contributed by atoms with Crippen molar-refractivity contribution in [2.75, 3.05) is 84.7 Å². The third-order valence-corrected chi connectivity index (χ3v) is 15.8. The summed E-state index contributed by atoms with van der Waals surface area (Å²) < 4.78 is 110. The van der Waals surface area contributed by atoms with Crippen LogP contribution in [0.5, 0.6) is 23.0 Å². The van der Waals surface area contributed by atoms with Gasteiger partial charge in [-0.15, -0.1) is 0 Å². The zero-order valence-corrected chi connectivity index (χ0v) is 59.9. The number of anilines is 19. The second-order valence-corrected chi connectivity index (χ2v) is 24.7. The molecule has 0 aliphatic rings. The Kier molecular flexibility index (Phi) is 25.6. The predicted octanol–water partition coefficient (Wildman–Crippen LogP) is 12.0. The lowest BCUT2D eigenvalue weighted by molar-refractivity contribution is 0.310.